The van der Waals surface area contributed by atoms with E-state index in [1.54, 1.807) is 0 Å². The highest BCUT2D eigenvalue weighted by atomic mass is 14.6. The van der Waals surface area contributed by atoms with Crippen molar-refractivity contribution in [1.29, 1.82) is 0 Å². The van der Waals surface area contributed by atoms with Gasteiger partial charge in [0.25, 0.3) is 0 Å². The van der Waals surface area contributed by atoms with Gasteiger partial charge in [-0.1, -0.05) is 32.6 Å². The summed E-state index contributed by atoms with van der Waals surface area (Å²) < 4.78 is 0. The summed E-state index contributed by atoms with van der Waals surface area (Å²) in [4.78, 5) is 3.93. The minimum absolute atomic E-state index is 1.17. The van der Waals surface area contributed by atoms with E-state index in [9.17, 15) is 0 Å². The average molecular weight is 141 g/mol. The minimum Gasteiger partial charge on any atom is -0.301 e. The third-order valence-corrected chi connectivity index (χ3v) is 1.62. The van der Waals surface area contributed by atoms with Crippen LogP contribution in [-0.4, -0.2) is 13.3 Å². The molecule has 0 aliphatic rings. The summed E-state index contributed by atoms with van der Waals surface area (Å²) in [7, 11) is 1.84. The lowest BCUT2D eigenvalue weighted by Crippen LogP contribution is -1.78. The number of unbranched alkanes of at least 4 members (excludes halogenated alkanes) is 5. The molecule has 0 aromatic heterocycles. The van der Waals surface area contributed by atoms with Crippen molar-refractivity contribution in [2.24, 2.45) is 4.99 Å². The van der Waals surface area contributed by atoms with Gasteiger partial charge in [0, 0.05) is 7.05 Å². The van der Waals surface area contributed by atoms with Gasteiger partial charge < -0.3 is 4.99 Å². The van der Waals surface area contributed by atoms with Crippen molar-refractivity contribution in [3.8, 4) is 0 Å². The predicted octanol–water partition coefficient (Wildman–Crippen LogP) is 3.05. The lowest BCUT2D eigenvalue weighted by molar-refractivity contribution is 0.645. The fourth-order valence-electron chi connectivity index (χ4n) is 0.968. The van der Waals surface area contributed by atoms with E-state index in [0.717, 1.165) is 0 Å². The summed E-state index contributed by atoms with van der Waals surface area (Å²) in [5.41, 5.74) is 0. The highest BCUT2D eigenvalue weighted by Crippen LogP contribution is 2.03. The SMILES string of the molecule is CCCCCCC/C=N/C. The molecule has 0 saturated heterocycles. The Balaban J connectivity index is 2.77. The third kappa shape index (κ3) is 7.67. The van der Waals surface area contributed by atoms with Crippen molar-refractivity contribution >= 4 is 6.21 Å². The van der Waals surface area contributed by atoms with Crippen molar-refractivity contribution < 1.29 is 0 Å². The molecule has 0 fully saturated rings. The van der Waals surface area contributed by atoms with Crippen LogP contribution < -0.4 is 0 Å². The monoisotopic (exact) mass is 141 g/mol. The van der Waals surface area contributed by atoms with Crippen LogP contribution in [0.1, 0.15) is 45.4 Å². The molecule has 60 valence electrons. The second-order valence-corrected chi connectivity index (χ2v) is 2.64. The van der Waals surface area contributed by atoms with Crippen molar-refractivity contribution in [3.63, 3.8) is 0 Å². The first-order chi connectivity index (χ1) is 4.91. The number of aliphatic imine (C=N–C) groups is 1. The van der Waals surface area contributed by atoms with Crippen molar-refractivity contribution in [1.82, 2.24) is 0 Å². The van der Waals surface area contributed by atoms with Gasteiger partial charge in [-0.3, -0.25) is 0 Å². The summed E-state index contributed by atoms with van der Waals surface area (Å²) in [6.45, 7) is 2.24. The molecule has 0 N–H and O–H groups in total. The van der Waals surface area contributed by atoms with Gasteiger partial charge in [0.15, 0.2) is 0 Å². The van der Waals surface area contributed by atoms with Gasteiger partial charge in [-0.25, -0.2) is 0 Å². The lowest BCUT2D eigenvalue weighted by Gasteiger charge is -1.94. The maximum atomic E-state index is 3.93. The van der Waals surface area contributed by atoms with Crippen molar-refractivity contribution in [2.45, 2.75) is 45.4 Å². The molecular weight excluding hydrogens is 122 g/mol. The molecule has 0 rings (SSSR count). The molecule has 0 amide bonds. The minimum atomic E-state index is 1.17. The molecule has 0 aromatic rings. The largest absolute Gasteiger partial charge is 0.301 e. The predicted molar refractivity (Wildman–Crippen MR) is 47.8 cm³/mol. The molecule has 0 unspecified atom stereocenters. The van der Waals surface area contributed by atoms with Crippen LogP contribution in [-0.2, 0) is 0 Å². The Kier molecular flexibility index (Phi) is 8.38. The first kappa shape index (κ1) is 9.67. The first-order valence-corrected chi connectivity index (χ1v) is 4.32. The molecule has 0 aliphatic carbocycles. The molecule has 1 heteroatoms. The normalized spacial score (nSPS) is 11.0. The zero-order valence-corrected chi connectivity index (χ0v) is 7.27. The molecule has 0 aromatic carbocycles. The summed E-state index contributed by atoms with van der Waals surface area (Å²) >= 11 is 0. The Bertz CT molecular complexity index is 76.8. The lowest BCUT2D eigenvalue weighted by atomic mass is 10.1. The van der Waals surface area contributed by atoms with Gasteiger partial charge in [0.1, 0.15) is 0 Å². The van der Waals surface area contributed by atoms with E-state index < -0.39 is 0 Å². The number of nitrogens with zero attached hydrogens (tertiary/aromatic N) is 1. The molecule has 0 saturated carbocycles. The number of rotatable bonds is 6. The number of hydrogen-bond donors (Lipinski definition) is 0. The van der Waals surface area contributed by atoms with Crippen molar-refractivity contribution in [2.75, 3.05) is 7.05 Å². The van der Waals surface area contributed by atoms with Crippen LogP contribution in [0.5, 0.6) is 0 Å². The maximum absolute atomic E-state index is 3.93. The Morgan fingerprint density at radius 1 is 1.10 bits per heavy atom. The van der Waals surface area contributed by atoms with Crippen LogP contribution in [0.2, 0.25) is 0 Å². The van der Waals surface area contributed by atoms with Crippen LogP contribution in [0.4, 0.5) is 0 Å². The molecule has 0 atom stereocenters. The third-order valence-electron chi connectivity index (χ3n) is 1.62. The second kappa shape index (κ2) is 8.67. The zero-order chi connectivity index (χ0) is 7.66. The molecule has 0 radical (unpaired) electrons. The van der Waals surface area contributed by atoms with Crippen molar-refractivity contribution in [3.05, 3.63) is 0 Å². The first-order valence-electron chi connectivity index (χ1n) is 4.32. The highest BCUT2D eigenvalue weighted by Gasteiger charge is 1.85. The summed E-state index contributed by atoms with van der Waals surface area (Å²) in [5, 5.41) is 0. The van der Waals surface area contributed by atoms with Gasteiger partial charge in [0.05, 0.1) is 0 Å². The van der Waals surface area contributed by atoms with E-state index in [-0.39, 0.29) is 0 Å². The van der Waals surface area contributed by atoms with E-state index in [1.807, 2.05) is 13.3 Å². The smallest absolute Gasteiger partial charge is 0.0273 e. The van der Waals surface area contributed by atoms with E-state index >= 15 is 0 Å². The summed E-state index contributed by atoms with van der Waals surface area (Å²) in [6, 6.07) is 0. The molecular formula is C9H19N. The van der Waals surface area contributed by atoms with Gasteiger partial charge in [-0.05, 0) is 19.1 Å². The second-order valence-electron chi connectivity index (χ2n) is 2.64. The van der Waals surface area contributed by atoms with Crippen LogP contribution in [0.25, 0.3) is 0 Å². The fourth-order valence-corrected chi connectivity index (χ4v) is 0.968. The molecule has 10 heavy (non-hydrogen) atoms. The summed E-state index contributed by atoms with van der Waals surface area (Å²) in [6.07, 6.45) is 9.99. The topological polar surface area (TPSA) is 12.4 Å². The molecule has 0 aliphatic heterocycles. The molecule has 0 spiro atoms. The van der Waals surface area contributed by atoms with Crippen LogP contribution in [0, 0.1) is 0 Å². The van der Waals surface area contributed by atoms with Gasteiger partial charge in [-0.15, -0.1) is 0 Å². The fraction of sp³-hybridized carbons (Fsp3) is 0.889. The molecule has 1 nitrogen and oxygen atoms in total. The highest BCUT2D eigenvalue weighted by molar-refractivity contribution is 5.56. The van der Waals surface area contributed by atoms with Crippen LogP contribution in [0.3, 0.4) is 0 Å². The van der Waals surface area contributed by atoms with Gasteiger partial charge in [-0.2, -0.15) is 0 Å². The molecule has 0 bridgehead atoms. The van der Waals surface area contributed by atoms with Crippen LogP contribution in [0.15, 0.2) is 4.99 Å². The van der Waals surface area contributed by atoms with E-state index in [1.165, 1.54) is 38.5 Å². The Labute approximate surface area is 64.6 Å². The Hall–Kier alpha value is -0.330. The van der Waals surface area contributed by atoms with E-state index in [0.29, 0.717) is 0 Å². The maximum Gasteiger partial charge on any atom is 0.0273 e. The quantitative estimate of drug-likeness (QED) is 0.398. The van der Waals surface area contributed by atoms with Gasteiger partial charge in [0.2, 0.25) is 0 Å². The zero-order valence-electron chi connectivity index (χ0n) is 7.27. The average Bonchev–Trinajstić information content (AvgIpc) is 1.97. The van der Waals surface area contributed by atoms with Crippen LogP contribution >= 0.6 is 0 Å². The van der Waals surface area contributed by atoms with E-state index in [4.69, 9.17) is 0 Å². The summed E-state index contributed by atoms with van der Waals surface area (Å²) in [5.74, 6) is 0. The number of hydrogen-bond acceptors (Lipinski definition) is 1. The van der Waals surface area contributed by atoms with Gasteiger partial charge >= 0.3 is 0 Å². The Morgan fingerprint density at radius 2 is 1.80 bits per heavy atom. The molecule has 0 heterocycles. The Morgan fingerprint density at radius 3 is 2.40 bits per heavy atom. The standard InChI is InChI=1S/C9H19N/c1-3-4-5-6-7-8-9-10-2/h9H,3-8H2,1-2H3/b10-9+. The van der Waals surface area contributed by atoms with E-state index in [2.05, 4.69) is 11.9 Å².